The van der Waals surface area contributed by atoms with E-state index in [-0.39, 0.29) is 11.7 Å². The quantitative estimate of drug-likeness (QED) is 0.916. The molecule has 1 aliphatic carbocycles. The van der Waals surface area contributed by atoms with Crippen LogP contribution < -0.4 is 0 Å². The minimum absolute atomic E-state index is 0.195. The number of alkyl halides is 3. The zero-order chi connectivity index (χ0) is 14.2. The van der Waals surface area contributed by atoms with Gasteiger partial charge in [-0.1, -0.05) is 0 Å². The van der Waals surface area contributed by atoms with Gasteiger partial charge in [-0.25, -0.2) is 4.98 Å². The molecule has 19 heavy (non-hydrogen) atoms. The van der Waals surface area contributed by atoms with Gasteiger partial charge in [-0.15, -0.1) is 5.10 Å². The minimum atomic E-state index is -4.43. The average Bonchev–Trinajstić information content (AvgIpc) is 3.02. The van der Waals surface area contributed by atoms with Crippen LogP contribution in [0.15, 0.2) is 0 Å². The number of hydrogen-bond acceptors (Lipinski definition) is 3. The first-order chi connectivity index (χ1) is 8.78. The Kier molecular flexibility index (Phi) is 3.51. The lowest BCUT2D eigenvalue weighted by Crippen LogP contribution is -2.43. The third-order valence-electron chi connectivity index (χ3n) is 2.89. The van der Waals surface area contributed by atoms with Gasteiger partial charge in [0.1, 0.15) is 12.4 Å². The molecule has 2 rings (SSSR count). The number of carbonyl (C=O) groups excluding carboxylic acids is 1. The molecule has 1 aromatic rings. The molecule has 5 nitrogen and oxygen atoms in total. The SMILES string of the molecule is CC(C)N(CC(F)(F)F)C(=O)c1n[nH]c(C2CC2)n1. The molecule has 0 unspecified atom stereocenters. The molecule has 1 fully saturated rings. The Morgan fingerprint density at radius 3 is 2.58 bits per heavy atom. The van der Waals surface area contributed by atoms with Gasteiger partial charge in [0.05, 0.1) is 0 Å². The average molecular weight is 276 g/mol. The first kappa shape index (κ1) is 13.8. The highest BCUT2D eigenvalue weighted by Gasteiger charge is 2.36. The molecule has 8 heteroatoms. The molecule has 1 aromatic heterocycles. The van der Waals surface area contributed by atoms with Crippen molar-refractivity contribution in [2.24, 2.45) is 0 Å². The fourth-order valence-electron chi connectivity index (χ4n) is 1.72. The van der Waals surface area contributed by atoms with Gasteiger partial charge in [-0.2, -0.15) is 13.2 Å². The summed E-state index contributed by atoms with van der Waals surface area (Å²) >= 11 is 0. The van der Waals surface area contributed by atoms with Gasteiger partial charge in [-0.3, -0.25) is 9.89 Å². The first-order valence-electron chi connectivity index (χ1n) is 6.08. The van der Waals surface area contributed by atoms with Gasteiger partial charge < -0.3 is 4.90 Å². The molecule has 0 aromatic carbocycles. The number of amides is 1. The van der Waals surface area contributed by atoms with E-state index in [1.54, 1.807) is 0 Å². The van der Waals surface area contributed by atoms with Gasteiger partial charge in [0.25, 0.3) is 5.91 Å². The second-order valence-electron chi connectivity index (χ2n) is 4.96. The number of hydrogen-bond donors (Lipinski definition) is 1. The maximum atomic E-state index is 12.4. The maximum absolute atomic E-state index is 12.4. The molecule has 0 radical (unpaired) electrons. The van der Waals surface area contributed by atoms with E-state index in [0.717, 1.165) is 17.7 Å². The highest BCUT2D eigenvalue weighted by atomic mass is 19.4. The number of rotatable bonds is 4. The van der Waals surface area contributed by atoms with Gasteiger partial charge in [-0.05, 0) is 26.7 Å². The fourth-order valence-corrected chi connectivity index (χ4v) is 1.72. The van der Waals surface area contributed by atoms with E-state index in [0.29, 0.717) is 5.82 Å². The molecule has 0 bridgehead atoms. The Morgan fingerprint density at radius 2 is 2.11 bits per heavy atom. The van der Waals surface area contributed by atoms with Crippen molar-refractivity contribution in [3.63, 3.8) is 0 Å². The van der Waals surface area contributed by atoms with E-state index in [4.69, 9.17) is 0 Å². The summed E-state index contributed by atoms with van der Waals surface area (Å²) in [6.07, 6.45) is -2.49. The number of nitrogens with one attached hydrogen (secondary N) is 1. The van der Waals surface area contributed by atoms with Crippen molar-refractivity contribution >= 4 is 5.91 Å². The Balaban J connectivity index is 2.13. The van der Waals surface area contributed by atoms with E-state index in [1.165, 1.54) is 13.8 Å². The topological polar surface area (TPSA) is 61.9 Å². The number of aromatic nitrogens is 3. The van der Waals surface area contributed by atoms with Gasteiger partial charge in [0, 0.05) is 12.0 Å². The molecule has 1 N–H and O–H groups in total. The largest absolute Gasteiger partial charge is 0.406 e. The van der Waals surface area contributed by atoms with E-state index in [2.05, 4.69) is 15.2 Å². The standard InChI is InChI=1S/C11H15F3N4O/c1-6(2)18(5-11(12,13)14)10(19)9-15-8(16-17-9)7-3-4-7/h6-7H,3-5H2,1-2H3,(H,15,16,17). The minimum Gasteiger partial charge on any atom is -0.324 e. The Bertz CT molecular complexity index is 465. The Hall–Kier alpha value is -1.60. The Labute approximate surface area is 108 Å². The van der Waals surface area contributed by atoms with E-state index < -0.39 is 24.7 Å². The molecule has 1 heterocycles. The van der Waals surface area contributed by atoms with Crippen LogP contribution in [0.3, 0.4) is 0 Å². The summed E-state index contributed by atoms with van der Waals surface area (Å²) in [5.41, 5.74) is 0. The molecule has 0 atom stereocenters. The highest BCUT2D eigenvalue weighted by Crippen LogP contribution is 2.37. The summed E-state index contributed by atoms with van der Waals surface area (Å²) in [5.74, 6) is -0.140. The van der Waals surface area contributed by atoms with Crippen LogP contribution in [0.1, 0.15) is 49.1 Å². The zero-order valence-corrected chi connectivity index (χ0v) is 10.7. The first-order valence-corrected chi connectivity index (χ1v) is 6.08. The molecule has 0 spiro atoms. The van der Waals surface area contributed by atoms with Gasteiger partial charge in [0.15, 0.2) is 0 Å². The molecule has 1 amide bonds. The van der Waals surface area contributed by atoms with Crippen LogP contribution in [0.2, 0.25) is 0 Å². The number of halogens is 3. The van der Waals surface area contributed by atoms with E-state index in [9.17, 15) is 18.0 Å². The predicted octanol–water partition coefficient (Wildman–Crippen LogP) is 2.09. The molecular formula is C11H15F3N4O. The van der Waals surface area contributed by atoms with Gasteiger partial charge >= 0.3 is 6.18 Å². The maximum Gasteiger partial charge on any atom is 0.406 e. The number of nitrogens with zero attached hydrogens (tertiary/aromatic N) is 3. The second kappa shape index (κ2) is 4.82. The van der Waals surface area contributed by atoms with Crippen molar-refractivity contribution in [1.82, 2.24) is 20.1 Å². The number of aromatic amines is 1. The summed E-state index contributed by atoms with van der Waals surface area (Å²) < 4.78 is 37.3. The summed E-state index contributed by atoms with van der Waals surface area (Å²) in [6, 6.07) is -0.572. The van der Waals surface area contributed by atoms with Crippen LogP contribution in [0, 0.1) is 0 Å². The monoisotopic (exact) mass is 276 g/mol. The molecule has 0 aliphatic heterocycles. The smallest absolute Gasteiger partial charge is 0.324 e. The fraction of sp³-hybridized carbons (Fsp3) is 0.727. The molecule has 1 aliphatic rings. The van der Waals surface area contributed by atoms with Crippen molar-refractivity contribution in [3.05, 3.63) is 11.6 Å². The van der Waals surface area contributed by atoms with E-state index >= 15 is 0 Å². The summed E-state index contributed by atoms with van der Waals surface area (Å²) in [7, 11) is 0. The van der Waals surface area contributed by atoms with Gasteiger partial charge in [0.2, 0.25) is 5.82 Å². The summed E-state index contributed by atoms with van der Waals surface area (Å²) in [6.45, 7) is 1.76. The molecule has 106 valence electrons. The normalized spacial score (nSPS) is 15.9. The lowest BCUT2D eigenvalue weighted by molar-refractivity contribution is -0.143. The van der Waals surface area contributed by atoms with Crippen LogP contribution >= 0.6 is 0 Å². The van der Waals surface area contributed by atoms with Crippen LogP contribution in [0.25, 0.3) is 0 Å². The second-order valence-corrected chi connectivity index (χ2v) is 4.96. The van der Waals surface area contributed by atoms with Crippen molar-refractivity contribution in [2.75, 3.05) is 6.54 Å². The number of H-pyrrole nitrogens is 1. The molecule has 1 saturated carbocycles. The van der Waals surface area contributed by atoms with Crippen LogP contribution in [-0.4, -0.2) is 44.8 Å². The molecule has 0 saturated heterocycles. The van der Waals surface area contributed by atoms with Crippen LogP contribution in [0.4, 0.5) is 13.2 Å². The summed E-state index contributed by atoms with van der Waals surface area (Å²) in [5, 5.41) is 6.33. The van der Waals surface area contributed by atoms with Crippen LogP contribution in [0.5, 0.6) is 0 Å². The lowest BCUT2D eigenvalue weighted by Gasteiger charge is -2.26. The van der Waals surface area contributed by atoms with Crippen molar-refractivity contribution < 1.29 is 18.0 Å². The third kappa shape index (κ3) is 3.45. The Morgan fingerprint density at radius 1 is 1.47 bits per heavy atom. The summed E-state index contributed by atoms with van der Waals surface area (Å²) in [4.78, 5) is 16.7. The van der Waals surface area contributed by atoms with Crippen molar-refractivity contribution in [1.29, 1.82) is 0 Å². The number of carbonyl (C=O) groups is 1. The van der Waals surface area contributed by atoms with Crippen molar-refractivity contribution in [2.45, 2.75) is 44.8 Å². The highest BCUT2D eigenvalue weighted by molar-refractivity contribution is 5.90. The zero-order valence-electron chi connectivity index (χ0n) is 10.7. The molecular weight excluding hydrogens is 261 g/mol. The van der Waals surface area contributed by atoms with Crippen molar-refractivity contribution in [3.8, 4) is 0 Å². The van der Waals surface area contributed by atoms with E-state index in [1.807, 2.05) is 0 Å². The lowest BCUT2D eigenvalue weighted by atomic mass is 10.3. The third-order valence-corrected chi connectivity index (χ3v) is 2.89. The predicted molar refractivity (Wildman–Crippen MR) is 60.6 cm³/mol. The van der Waals surface area contributed by atoms with Crippen LogP contribution in [-0.2, 0) is 0 Å².